The Hall–Kier alpha value is -0.240. The van der Waals surface area contributed by atoms with E-state index in [0.29, 0.717) is 10.0 Å². The zero-order valence-electron chi connectivity index (χ0n) is 11.6. The molecule has 1 aliphatic rings. The maximum absolute atomic E-state index is 6.24. The van der Waals surface area contributed by atoms with Gasteiger partial charge in [0.25, 0.3) is 0 Å². The number of nitrogens with one attached hydrogen (secondary N) is 1. The summed E-state index contributed by atoms with van der Waals surface area (Å²) in [6.07, 6.45) is 8.36. The van der Waals surface area contributed by atoms with Crippen molar-refractivity contribution >= 4 is 23.2 Å². The van der Waals surface area contributed by atoms with E-state index in [-0.39, 0.29) is 6.04 Å². The molecule has 1 N–H and O–H groups in total. The first-order valence-electron chi connectivity index (χ1n) is 7.35. The van der Waals surface area contributed by atoms with Crippen LogP contribution < -0.4 is 5.32 Å². The van der Waals surface area contributed by atoms with Crippen molar-refractivity contribution in [2.24, 2.45) is 5.92 Å². The van der Waals surface area contributed by atoms with Gasteiger partial charge in [0.2, 0.25) is 0 Å². The quantitative estimate of drug-likeness (QED) is 0.744. The zero-order valence-corrected chi connectivity index (χ0v) is 13.1. The molecule has 0 amide bonds. The molecule has 1 unspecified atom stereocenters. The van der Waals surface area contributed by atoms with E-state index in [1.165, 1.54) is 38.5 Å². The molecule has 1 aliphatic carbocycles. The number of rotatable bonds is 5. The molecule has 0 spiro atoms. The Bertz CT molecular complexity index is 400. The van der Waals surface area contributed by atoms with Crippen LogP contribution in [0.3, 0.4) is 0 Å². The first-order chi connectivity index (χ1) is 9.18. The van der Waals surface area contributed by atoms with Gasteiger partial charge in [-0.3, -0.25) is 0 Å². The van der Waals surface area contributed by atoms with Crippen LogP contribution in [-0.4, -0.2) is 6.54 Å². The highest BCUT2D eigenvalue weighted by Gasteiger charge is 2.15. The molecule has 19 heavy (non-hydrogen) atoms. The molecule has 1 atom stereocenters. The molecule has 0 saturated heterocycles. The van der Waals surface area contributed by atoms with E-state index < -0.39 is 0 Å². The lowest BCUT2D eigenvalue weighted by atomic mass is 9.87. The van der Waals surface area contributed by atoms with Crippen LogP contribution in [0.4, 0.5) is 0 Å². The molecule has 2 rings (SSSR count). The second kappa shape index (κ2) is 7.52. The fourth-order valence-electron chi connectivity index (χ4n) is 2.94. The molecule has 3 heteroatoms. The predicted molar refractivity (Wildman–Crippen MR) is 84.1 cm³/mol. The summed E-state index contributed by atoms with van der Waals surface area (Å²) >= 11 is 12.3. The number of hydrogen-bond donors (Lipinski definition) is 1. The Labute approximate surface area is 126 Å². The molecular formula is C16H23Cl2N. The van der Waals surface area contributed by atoms with Crippen LogP contribution in [0, 0.1) is 5.92 Å². The van der Waals surface area contributed by atoms with Crippen molar-refractivity contribution in [1.82, 2.24) is 5.32 Å². The van der Waals surface area contributed by atoms with E-state index >= 15 is 0 Å². The third-order valence-electron chi connectivity index (χ3n) is 4.18. The smallest absolute Gasteiger partial charge is 0.0639 e. The van der Waals surface area contributed by atoms with Gasteiger partial charge < -0.3 is 5.32 Å². The Morgan fingerprint density at radius 3 is 2.68 bits per heavy atom. The van der Waals surface area contributed by atoms with E-state index in [0.717, 1.165) is 18.0 Å². The third-order valence-corrected chi connectivity index (χ3v) is 5.01. The Kier molecular flexibility index (Phi) is 6.00. The van der Waals surface area contributed by atoms with Crippen LogP contribution in [0.5, 0.6) is 0 Å². The summed E-state index contributed by atoms with van der Waals surface area (Å²) in [5, 5.41) is 4.89. The number of benzene rings is 1. The molecule has 0 heterocycles. The average Bonchev–Trinajstić information content (AvgIpc) is 2.43. The topological polar surface area (TPSA) is 12.0 Å². The maximum Gasteiger partial charge on any atom is 0.0639 e. The van der Waals surface area contributed by atoms with Crippen molar-refractivity contribution in [2.75, 3.05) is 6.54 Å². The molecular weight excluding hydrogens is 277 g/mol. The number of hydrogen-bond acceptors (Lipinski definition) is 1. The van der Waals surface area contributed by atoms with Crippen LogP contribution in [-0.2, 0) is 0 Å². The van der Waals surface area contributed by atoms with Crippen molar-refractivity contribution in [1.29, 1.82) is 0 Å². The Morgan fingerprint density at radius 2 is 1.95 bits per heavy atom. The molecule has 0 aliphatic heterocycles. The fourth-order valence-corrected chi connectivity index (χ4v) is 3.42. The van der Waals surface area contributed by atoms with Crippen LogP contribution in [0.15, 0.2) is 18.2 Å². The van der Waals surface area contributed by atoms with Gasteiger partial charge in [-0.2, -0.15) is 0 Å². The molecule has 0 aromatic heterocycles. The Morgan fingerprint density at radius 1 is 1.21 bits per heavy atom. The Balaban J connectivity index is 1.80. The van der Waals surface area contributed by atoms with Crippen molar-refractivity contribution < 1.29 is 0 Å². The minimum Gasteiger partial charge on any atom is -0.310 e. The van der Waals surface area contributed by atoms with Gasteiger partial charge in [0.05, 0.1) is 10.0 Å². The minimum atomic E-state index is 0.259. The van der Waals surface area contributed by atoms with Gasteiger partial charge in [0, 0.05) is 6.04 Å². The molecule has 0 bridgehead atoms. The molecule has 1 aromatic carbocycles. The molecule has 1 saturated carbocycles. The van der Waals surface area contributed by atoms with E-state index in [1.807, 2.05) is 18.2 Å². The monoisotopic (exact) mass is 299 g/mol. The molecule has 1 aromatic rings. The first-order valence-corrected chi connectivity index (χ1v) is 8.11. The van der Waals surface area contributed by atoms with Crippen molar-refractivity contribution in [3.05, 3.63) is 33.8 Å². The standard InChI is InChI=1S/C16H23Cl2N/c1-12(14-8-5-9-15(17)16(14)18)19-11-10-13-6-3-2-4-7-13/h5,8-9,12-13,19H,2-4,6-7,10-11H2,1H3. The van der Waals surface area contributed by atoms with Gasteiger partial charge >= 0.3 is 0 Å². The van der Waals surface area contributed by atoms with Crippen molar-refractivity contribution in [3.8, 4) is 0 Å². The van der Waals surface area contributed by atoms with Gasteiger partial charge in [0.1, 0.15) is 0 Å². The highest BCUT2D eigenvalue weighted by Crippen LogP contribution is 2.30. The fraction of sp³-hybridized carbons (Fsp3) is 0.625. The van der Waals surface area contributed by atoms with Crippen LogP contribution in [0.1, 0.15) is 57.1 Å². The summed E-state index contributed by atoms with van der Waals surface area (Å²) in [6.45, 7) is 3.22. The summed E-state index contributed by atoms with van der Waals surface area (Å²) in [4.78, 5) is 0. The van der Waals surface area contributed by atoms with E-state index in [1.54, 1.807) is 0 Å². The summed E-state index contributed by atoms with van der Waals surface area (Å²) in [6, 6.07) is 6.10. The van der Waals surface area contributed by atoms with Crippen molar-refractivity contribution in [3.63, 3.8) is 0 Å². The minimum absolute atomic E-state index is 0.259. The van der Waals surface area contributed by atoms with E-state index in [2.05, 4.69) is 12.2 Å². The van der Waals surface area contributed by atoms with Gasteiger partial charge in [-0.1, -0.05) is 67.4 Å². The summed E-state index contributed by atoms with van der Waals surface area (Å²) in [5.74, 6) is 0.920. The van der Waals surface area contributed by atoms with Crippen LogP contribution in [0.2, 0.25) is 10.0 Å². The summed E-state index contributed by atoms with van der Waals surface area (Å²) < 4.78 is 0. The average molecular weight is 300 g/mol. The number of halogens is 2. The van der Waals surface area contributed by atoms with Gasteiger partial charge in [0.15, 0.2) is 0 Å². The van der Waals surface area contributed by atoms with Gasteiger partial charge in [-0.15, -0.1) is 0 Å². The second-order valence-electron chi connectivity index (χ2n) is 5.61. The lowest BCUT2D eigenvalue weighted by molar-refractivity contribution is 0.329. The SMILES string of the molecule is CC(NCCC1CCCCC1)c1cccc(Cl)c1Cl. The van der Waals surface area contributed by atoms with Crippen LogP contribution >= 0.6 is 23.2 Å². The lowest BCUT2D eigenvalue weighted by Crippen LogP contribution is -2.23. The van der Waals surface area contributed by atoms with Crippen molar-refractivity contribution in [2.45, 2.75) is 51.5 Å². The predicted octanol–water partition coefficient (Wildman–Crippen LogP) is 5.61. The van der Waals surface area contributed by atoms with Gasteiger partial charge in [-0.05, 0) is 37.4 Å². The maximum atomic E-state index is 6.24. The van der Waals surface area contributed by atoms with Crippen LogP contribution in [0.25, 0.3) is 0 Å². The molecule has 1 nitrogen and oxygen atoms in total. The molecule has 1 fully saturated rings. The lowest BCUT2D eigenvalue weighted by Gasteiger charge is -2.23. The summed E-state index contributed by atoms with van der Waals surface area (Å²) in [7, 11) is 0. The van der Waals surface area contributed by atoms with Gasteiger partial charge in [-0.25, -0.2) is 0 Å². The highest BCUT2D eigenvalue weighted by atomic mass is 35.5. The highest BCUT2D eigenvalue weighted by molar-refractivity contribution is 6.42. The molecule has 0 radical (unpaired) electrons. The third kappa shape index (κ3) is 4.37. The molecule has 106 valence electrons. The van der Waals surface area contributed by atoms with E-state index in [9.17, 15) is 0 Å². The first kappa shape index (κ1) is 15.2. The summed E-state index contributed by atoms with van der Waals surface area (Å²) in [5.41, 5.74) is 1.10. The van der Waals surface area contributed by atoms with E-state index in [4.69, 9.17) is 23.2 Å². The largest absolute Gasteiger partial charge is 0.310 e. The zero-order chi connectivity index (χ0) is 13.7. The normalized spacial score (nSPS) is 18.5. The second-order valence-corrected chi connectivity index (χ2v) is 6.40.